The van der Waals surface area contributed by atoms with E-state index < -0.39 is 15.9 Å². The summed E-state index contributed by atoms with van der Waals surface area (Å²) in [4.78, 5) is 17.1. The molecule has 0 saturated carbocycles. The molecule has 0 aromatic heterocycles. The quantitative estimate of drug-likeness (QED) is 0.638. The van der Waals surface area contributed by atoms with Gasteiger partial charge in [0, 0.05) is 43.0 Å². The third kappa shape index (κ3) is 6.91. The van der Waals surface area contributed by atoms with Crippen molar-refractivity contribution in [2.24, 2.45) is 0 Å². The van der Waals surface area contributed by atoms with E-state index in [4.69, 9.17) is 0 Å². The summed E-state index contributed by atoms with van der Waals surface area (Å²) in [5.74, 6) is -0.416. The highest BCUT2D eigenvalue weighted by molar-refractivity contribution is 7.92. The van der Waals surface area contributed by atoms with Crippen LogP contribution in [0.15, 0.2) is 47.9 Å². The molecule has 7 nitrogen and oxygen atoms in total. The monoisotopic (exact) mass is 456 g/mol. The number of carbonyl (C=O) groups is 1. The second-order valence-corrected chi connectivity index (χ2v) is 9.70. The molecule has 172 valence electrons. The first kappa shape index (κ1) is 24.0. The number of anilines is 2. The lowest BCUT2D eigenvalue weighted by Crippen LogP contribution is -2.46. The molecule has 8 heteroatoms. The number of piperazine rings is 1. The van der Waals surface area contributed by atoms with Crippen LogP contribution in [0.25, 0.3) is 6.08 Å². The zero-order valence-corrected chi connectivity index (χ0v) is 19.8. The highest BCUT2D eigenvalue weighted by Crippen LogP contribution is 2.24. The Morgan fingerprint density at radius 1 is 1.03 bits per heavy atom. The minimum absolute atomic E-state index is 0.333. The summed E-state index contributed by atoms with van der Waals surface area (Å²) in [6.45, 7) is 11.0. The van der Waals surface area contributed by atoms with Crippen LogP contribution in [0.1, 0.15) is 23.6 Å². The average Bonchev–Trinajstić information content (AvgIpc) is 2.78. The van der Waals surface area contributed by atoms with Crippen LogP contribution in [-0.4, -0.2) is 58.5 Å². The second-order valence-electron chi connectivity index (χ2n) is 8.05. The molecule has 1 aliphatic rings. The summed E-state index contributed by atoms with van der Waals surface area (Å²) in [6, 6.07) is 13.3. The van der Waals surface area contributed by atoms with Crippen LogP contribution in [-0.2, 0) is 14.8 Å². The maximum Gasteiger partial charge on any atom is 0.239 e. The normalized spacial score (nSPS) is 15.3. The third-order valence-electron chi connectivity index (χ3n) is 5.59. The summed E-state index contributed by atoms with van der Waals surface area (Å²) >= 11 is 0. The van der Waals surface area contributed by atoms with Gasteiger partial charge in [0.15, 0.2) is 0 Å². The van der Waals surface area contributed by atoms with Crippen molar-refractivity contribution in [3.05, 3.63) is 64.6 Å². The van der Waals surface area contributed by atoms with Crippen LogP contribution in [0.2, 0.25) is 0 Å². The lowest BCUT2D eigenvalue weighted by molar-refractivity contribution is -0.115. The number of carbonyl (C=O) groups excluding carboxylic acids is 1. The minimum atomic E-state index is -3.72. The maximum absolute atomic E-state index is 12.3. The van der Waals surface area contributed by atoms with Gasteiger partial charge in [-0.3, -0.25) is 4.79 Å². The van der Waals surface area contributed by atoms with Crippen molar-refractivity contribution < 1.29 is 13.2 Å². The van der Waals surface area contributed by atoms with Crippen LogP contribution in [0.4, 0.5) is 11.4 Å². The molecular weight excluding hydrogens is 424 g/mol. The number of hydrogen-bond donors (Lipinski definition) is 2. The number of sulfonamides is 1. The standard InChI is InChI=1S/C24H32N4O3S/c1-4-27-12-14-28(15-13-27)23-10-9-22(17-20(23)3)26-24(29)18-25-32(30,31)16-11-21-7-5-19(2)6-8-21/h5-11,16-17,25H,4,12-15,18H2,1-3H3,(H,26,29). The van der Waals surface area contributed by atoms with E-state index in [1.165, 1.54) is 11.8 Å². The van der Waals surface area contributed by atoms with Crippen LogP contribution in [0.5, 0.6) is 0 Å². The molecule has 1 aliphatic heterocycles. The molecule has 3 rings (SSSR count). The number of hydrogen-bond acceptors (Lipinski definition) is 5. The predicted molar refractivity (Wildman–Crippen MR) is 131 cm³/mol. The smallest absolute Gasteiger partial charge is 0.239 e. The van der Waals surface area contributed by atoms with Crippen LogP contribution in [0, 0.1) is 13.8 Å². The predicted octanol–water partition coefficient (Wildman–Crippen LogP) is 2.97. The van der Waals surface area contributed by atoms with Crippen molar-refractivity contribution in [3.8, 4) is 0 Å². The molecule has 2 N–H and O–H groups in total. The van der Waals surface area contributed by atoms with E-state index in [0.717, 1.165) is 54.8 Å². The molecule has 2 aromatic carbocycles. The summed E-state index contributed by atoms with van der Waals surface area (Å²) in [6.07, 6.45) is 1.50. The van der Waals surface area contributed by atoms with Crippen LogP contribution >= 0.6 is 0 Å². The first-order valence-electron chi connectivity index (χ1n) is 10.9. The van der Waals surface area contributed by atoms with Crippen molar-refractivity contribution in [2.75, 3.05) is 49.5 Å². The van der Waals surface area contributed by atoms with Gasteiger partial charge in [0.1, 0.15) is 0 Å². The first-order valence-corrected chi connectivity index (χ1v) is 12.4. The minimum Gasteiger partial charge on any atom is -0.369 e. The number of aryl methyl sites for hydroxylation is 2. The van der Waals surface area contributed by atoms with E-state index in [0.29, 0.717) is 5.69 Å². The van der Waals surface area contributed by atoms with Gasteiger partial charge in [0.25, 0.3) is 0 Å². The summed E-state index contributed by atoms with van der Waals surface area (Å²) in [5.41, 5.74) is 4.77. The van der Waals surface area contributed by atoms with Gasteiger partial charge >= 0.3 is 0 Å². The summed E-state index contributed by atoms with van der Waals surface area (Å²) in [5, 5.41) is 3.84. The molecule has 0 spiro atoms. The van der Waals surface area contributed by atoms with Crippen molar-refractivity contribution in [1.82, 2.24) is 9.62 Å². The Balaban J connectivity index is 1.52. The molecule has 1 fully saturated rings. The summed E-state index contributed by atoms with van der Waals surface area (Å²) < 4.78 is 26.6. The highest BCUT2D eigenvalue weighted by atomic mass is 32.2. The van der Waals surface area contributed by atoms with Gasteiger partial charge in [-0.05, 0) is 55.8 Å². The van der Waals surface area contributed by atoms with Crippen molar-refractivity contribution in [1.29, 1.82) is 0 Å². The fourth-order valence-corrected chi connectivity index (χ4v) is 4.42. The van der Waals surface area contributed by atoms with Gasteiger partial charge in [-0.1, -0.05) is 36.8 Å². The zero-order chi connectivity index (χ0) is 23.1. The average molecular weight is 457 g/mol. The van der Waals surface area contributed by atoms with Crippen molar-refractivity contribution >= 4 is 33.4 Å². The number of amides is 1. The molecule has 1 amide bonds. The van der Waals surface area contributed by atoms with Gasteiger partial charge in [0.2, 0.25) is 15.9 Å². The fraction of sp³-hybridized carbons (Fsp3) is 0.375. The molecule has 32 heavy (non-hydrogen) atoms. The summed E-state index contributed by atoms with van der Waals surface area (Å²) in [7, 11) is -3.72. The van der Waals surface area contributed by atoms with E-state index in [1.807, 2.05) is 56.3 Å². The molecular formula is C24H32N4O3S. The maximum atomic E-state index is 12.3. The largest absolute Gasteiger partial charge is 0.369 e. The number of likely N-dealkylation sites (N-methyl/N-ethyl adjacent to an activating group) is 1. The molecule has 1 saturated heterocycles. The Hall–Kier alpha value is -2.68. The lowest BCUT2D eigenvalue weighted by Gasteiger charge is -2.36. The van der Waals surface area contributed by atoms with Gasteiger partial charge in [-0.15, -0.1) is 0 Å². The Morgan fingerprint density at radius 2 is 1.72 bits per heavy atom. The van der Waals surface area contributed by atoms with E-state index in [1.54, 1.807) is 0 Å². The topological polar surface area (TPSA) is 81.8 Å². The van der Waals surface area contributed by atoms with Crippen molar-refractivity contribution in [3.63, 3.8) is 0 Å². The van der Waals surface area contributed by atoms with E-state index in [-0.39, 0.29) is 6.54 Å². The number of nitrogens with one attached hydrogen (secondary N) is 2. The molecule has 0 radical (unpaired) electrons. The fourth-order valence-electron chi connectivity index (χ4n) is 3.66. The Kier molecular flexibility index (Phi) is 8.06. The first-order chi connectivity index (χ1) is 15.3. The zero-order valence-electron chi connectivity index (χ0n) is 19.0. The Bertz CT molecular complexity index is 1060. The van der Waals surface area contributed by atoms with Gasteiger partial charge < -0.3 is 15.1 Å². The molecule has 2 aromatic rings. The second kappa shape index (κ2) is 10.8. The van der Waals surface area contributed by atoms with Crippen molar-refractivity contribution in [2.45, 2.75) is 20.8 Å². The van der Waals surface area contributed by atoms with Gasteiger partial charge in [-0.2, -0.15) is 0 Å². The van der Waals surface area contributed by atoms with Gasteiger partial charge in [-0.25, -0.2) is 13.1 Å². The highest BCUT2D eigenvalue weighted by Gasteiger charge is 2.17. The van der Waals surface area contributed by atoms with E-state index in [9.17, 15) is 13.2 Å². The Morgan fingerprint density at radius 3 is 2.34 bits per heavy atom. The molecule has 0 aliphatic carbocycles. The SMILES string of the molecule is CCN1CCN(c2ccc(NC(=O)CNS(=O)(=O)C=Cc3ccc(C)cc3)cc2C)CC1. The molecule has 0 atom stereocenters. The van der Waals surface area contributed by atoms with Crippen LogP contribution < -0.4 is 14.9 Å². The lowest BCUT2D eigenvalue weighted by atomic mass is 10.1. The number of benzene rings is 2. The van der Waals surface area contributed by atoms with Crippen LogP contribution in [0.3, 0.4) is 0 Å². The van der Waals surface area contributed by atoms with Gasteiger partial charge in [0.05, 0.1) is 6.54 Å². The Labute approximate surface area is 191 Å². The molecule has 1 heterocycles. The van der Waals surface area contributed by atoms with E-state index in [2.05, 4.69) is 26.8 Å². The third-order valence-corrected chi connectivity index (χ3v) is 6.63. The molecule has 0 unspecified atom stereocenters. The van der Waals surface area contributed by atoms with E-state index >= 15 is 0 Å². The molecule has 0 bridgehead atoms. The number of rotatable bonds is 8. The number of nitrogens with zero attached hydrogens (tertiary/aromatic N) is 2.